The maximum atomic E-state index is 12.8. The van der Waals surface area contributed by atoms with E-state index in [-0.39, 0.29) is 5.91 Å². The largest absolute Gasteiger partial charge is 0.352 e. The van der Waals surface area contributed by atoms with Gasteiger partial charge in [0.05, 0.1) is 5.69 Å². The van der Waals surface area contributed by atoms with Crippen molar-refractivity contribution >= 4 is 11.7 Å². The van der Waals surface area contributed by atoms with Crippen LogP contribution in [0, 0.1) is 0 Å². The maximum Gasteiger partial charge on any atom is 0.254 e. The van der Waals surface area contributed by atoms with E-state index >= 15 is 0 Å². The van der Waals surface area contributed by atoms with Crippen LogP contribution in [0.2, 0.25) is 0 Å². The van der Waals surface area contributed by atoms with Crippen LogP contribution in [-0.4, -0.2) is 67.4 Å². The van der Waals surface area contributed by atoms with E-state index in [2.05, 4.69) is 30.6 Å². The van der Waals surface area contributed by atoms with Gasteiger partial charge in [-0.25, -0.2) is 4.68 Å². The highest BCUT2D eigenvalue weighted by atomic mass is 16.2. The van der Waals surface area contributed by atoms with Crippen LogP contribution >= 0.6 is 0 Å². The summed E-state index contributed by atoms with van der Waals surface area (Å²) in [5, 5.41) is 19.1. The van der Waals surface area contributed by atoms with Crippen molar-refractivity contribution in [3.63, 3.8) is 0 Å². The molecule has 1 aliphatic heterocycles. The van der Waals surface area contributed by atoms with Crippen molar-refractivity contribution < 1.29 is 4.79 Å². The van der Waals surface area contributed by atoms with E-state index < -0.39 is 0 Å². The Morgan fingerprint density at radius 3 is 2.60 bits per heavy atom. The molecule has 25 heavy (non-hydrogen) atoms. The molecule has 1 fully saturated rings. The first-order chi connectivity index (χ1) is 12.3. The second kappa shape index (κ2) is 6.63. The molecule has 0 N–H and O–H groups in total. The van der Waals surface area contributed by atoms with Crippen LogP contribution in [0.5, 0.6) is 0 Å². The number of hydrogen-bond donors (Lipinski definition) is 0. The lowest BCUT2D eigenvalue weighted by Crippen LogP contribution is -2.49. The van der Waals surface area contributed by atoms with E-state index in [0.717, 1.165) is 24.6 Å². The third-order valence-corrected chi connectivity index (χ3v) is 4.16. The molecule has 0 radical (unpaired) electrons. The molecule has 3 heterocycles. The van der Waals surface area contributed by atoms with Crippen molar-refractivity contribution in [3.8, 4) is 5.69 Å². The zero-order valence-corrected chi connectivity index (χ0v) is 13.4. The van der Waals surface area contributed by atoms with Crippen LogP contribution in [0.4, 0.5) is 5.82 Å². The summed E-state index contributed by atoms with van der Waals surface area (Å²) >= 11 is 0. The Morgan fingerprint density at radius 2 is 1.88 bits per heavy atom. The molecule has 1 amide bonds. The fourth-order valence-corrected chi connectivity index (χ4v) is 2.84. The van der Waals surface area contributed by atoms with E-state index in [0.29, 0.717) is 18.7 Å². The fourth-order valence-electron chi connectivity index (χ4n) is 2.84. The Labute approximate surface area is 143 Å². The molecule has 3 aromatic rings. The number of nitrogens with zero attached hydrogens (tertiary/aromatic N) is 8. The summed E-state index contributed by atoms with van der Waals surface area (Å²) in [6.45, 7) is 2.75. The normalized spacial score (nSPS) is 14.6. The van der Waals surface area contributed by atoms with Crippen LogP contribution in [-0.2, 0) is 0 Å². The van der Waals surface area contributed by atoms with Gasteiger partial charge in [0, 0.05) is 37.9 Å². The molecule has 1 aliphatic rings. The molecule has 0 atom stereocenters. The van der Waals surface area contributed by atoms with E-state index in [1.54, 1.807) is 12.3 Å². The summed E-state index contributed by atoms with van der Waals surface area (Å²) in [6, 6.07) is 11.1. The fraction of sp³-hybridized carbons (Fsp3) is 0.250. The minimum Gasteiger partial charge on any atom is -0.352 e. The standard InChI is InChI=1S/C16H16N8O/c25-16(13-3-1-4-14(11-13)24-12-18-20-21-24)23-9-7-22(8-10-23)15-5-2-6-17-19-15/h1-6,11-12H,7-10H2. The average Bonchev–Trinajstić information content (AvgIpc) is 3.23. The quantitative estimate of drug-likeness (QED) is 0.684. The smallest absolute Gasteiger partial charge is 0.254 e. The van der Waals surface area contributed by atoms with Crippen LogP contribution in [0.25, 0.3) is 5.69 Å². The summed E-state index contributed by atoms with van der Waals surface area (Å²) in [5.74, 6) is 0.851. The van der Waals surface area contributed by atoms with Gasteiger partial charge < -0.3 is 9.80 Å². The monoisotopic (exact) mass is 336 g/mol. The summed E-state index contributed by atoms with van der Waals surface area (Å²) in [4.78, 5) is 16.8. The maximum absolute atomic E-state index is 12.8. The lowest BCUT2D eigenvalue weighted by Gasteiger charge is -2.35. The number of hydrogen-bond acceptors (Lipinski definition) is 7. The number of piperazine rings is 1. The molecule has 4 rings (SSSR count). The predicted molar refractivity (Wildman–Crippen MR) is 89.3 cm³/mol. The number of carbonyl (C=O) groups is 1. The summed E-state index contributed by atoms with van der Waals surface area (Å²) < 4.78 is 1.53. The predicted octanol–water partition coefficient (Wildman–Crippen LogP) is 0.415. The van der Waals surface area contributed by atoms with E-state index in [1.807, 2.05) is 35.2 Å². The number of benzene rings is 1. The first-order valence-corrected chi connectivity index (χ1v) is 7.96. The summed E-state index contributed by atoms with van der Waals surface area (Å²) in [6.07, 6.45) is 3.16. The second-order valence-corrected chi connectivity index (χ2v) is 5.67. The van der Waals surface area contributed by atoms with Crippen molar-refractivity contribution in [2.24, 2.45) is 0 Å². The zero-order valence-electron chi connectivity index (χ0n) is 13.4. The van der Waals surface area contributed by atoms with Crippen LogP contribution in [0.1, 0.15) is 10.4 Å². The number of amides is 1. The SMILES string of the molecule is O=C(c1cccc(-n2cnnn2)c1)N1CCN(c2cccnn2)CC1. The molecular weight excluding hydrogens is 320 g/mol. The van der Waals surface area contributed by atoms with Gasteiger partial charge in [0.15, 0.2) is 5.82 Å². The second-order valence-electron chi connectivity index (χ2n) is 5.67. The van der Waals surface area contributed by atoms with Crippen LogP contribution in [0.3, 0.4) is 0 Å². The molecule has 9 heteroatoms. The van der Waals surface area contributed by atoms with Crippen molar-refractivity contribution in [1.29, 1.82) is 0 Å². The molecule has 126 valence electrons. The highest BCUT2D eigenvalue weighted by Gasteiger charge is 2.23. The molecule has 1 aromatic carbocycles. The van der Waals surface area contributed by atoms with Gasteiger partial charge in [0.25, 0.3) is 5.91 Å². The van der Waals surface area contributed by atoms with Gasteiger partial charge in [0.2, 0.25) is 0 Å². The molecule has 2 aromatic heterocycles. The van der Waals surface area contributed by atoms with Crippen molar-refractivity contribution in [1.82, 2.24) is 35.3 Å². The lowest BCUT2D eigenvalue weighted by atomic mass is 10.1. The molecule has 1 saturated heterocycles. The Morgan fingerprint density at radius 1 is 1.00 bits per heavy atom. The molecule has 0 aliphatic carbocycles. The molecular formula is C16H16N8O. The molecule has 0 saturated carbocycles. The number of aromatic nitrogens is 6. The van der Waals surface area contributed by atoms with E-state index in [9.17, 15) is 4.79 Å². The third kappa shape index (κ3) is 3.16. The van der Waals surface area contributed by atoms with Crippen molar-refractivity contribution in [2.45, 2.75) is 0 Å². The van der Waals surface area contributed by atoms with Crippen molar-refractivity contribution in [3.05, 3.63) is 54.5 Å². The molecule has 9 nitrogen and oxygen atoms in total. The first-order valence-electron chi connectivity index (χ1n) is 7.96. The minimum atomic E-state index is 0.00807. The number of rotatable bonds is 3. The summed E-state index contributed by atoms with van der Waals surface area (Å²) in [7, 11) is 0. The molecule has 0 bridgehead atoms. The highest BCUT2D eigenvalue weighted by Crippen LogP contribution is 2.15. The summed E-state index contributed by atoms with van der Waals surface area (Å²) in [5.41, 5.74) is 1.38. The van der Waals surface area contributed by atoms with Crippen molar-refractivity contribution in [2.75, 3.05) is 31.1 Å². The van der Waals surface area contributed by atoms with E-state index in [1.165, 1.54) is 11.0 Å². The topological polar surface area (TPSA) is 92.9 Å². The minimum absolute atomic E-state index is 0.00807. The van der Waals surface area contributed by atoms with Gasteiger partial charge >= 0.3 is 0 Å². The highest BCUT2D eigenvalue weighted by molar-refractivity contribution is 5.94. The Hall–Kier alpha value is -3.36. The number of carbonyl (C=O) groups excluding carboxylic acids is 1. The van der Waals surface area contributed by atoms with Gasteiger partial charge in [-0.1, -0.05) is 6.07 Å². The third-order valence-electron chi connectivity index (χ3n) is 4.16. The van der Waals surface area contributed by atoms with Crippen LogP contribution in [0.15, 0.2) is 48.9 Å². The zero-order chi connectivity index (χ0) is 17.1. The van der Waals surface area contributed by atoms with Gasteiger partial charge in [-0.05, 0) is 40.8 Å². The molecule has 0 unspecified atom stereocenters. The van der Waals surface area contributed by atoms with Crippen LogP contribution < -0.4 is 4.90 Å². The van der Waals surface area contributed by atoms with Gasteiger partial charge in [-0.2, -0.15) is 5.10 Å². The Bertz CT molecular complexity index is 844. The number of anilines is 1. The number of tetrazole rings is 1. The lowest BCUT2D eigenvalue weighted by molar-refractivity contribution is 0.0746. The van der Waals surface area contributed by atoms with Gasteiger partial charge in [-0.15, -0.1) is 10.2 Å². The Balaban J connectivity index is 1.45. The Kier molecular flexibility index (Phi) is 4.03. The first kappa shape index (κ1) is 15.2. The van der Waals surface area contributed by atoms with E-state index in [4.69, 9.17) is 0 Å². The van der Waals surface area contributed by atoms with Gasteiger partial charge in [0.1, 0.15) is 6.33 Å². The average molecular weight is 336 g/mol. The molecule has 0 spiro atoms. The van der Waals surface area contributed by atoms with Gasteiger partial charge in [-0.3, -0.25) is 4.79 Å².